The second-order valence-corrected chi connectivity index (χ2v) is 9.15. The number of hydrogen-bond acceptors (Lipinski definition) is 4. The van der Waals surface area contributed by atoms with Crippen LogP contribution in [0.1, 0.15) is 48.0 Å². The van der Waals surface area contributed by atoms with Crippen LogP contribution in [-0.2, 0) is 22.8 Å². The number of primary amides is 1. The lowest BCUT2D eigenvalue weighted by Crippen LogP contribution is -2.27. The average molecular weight is 530 g/mol. The van der Waals surface area contributed by atoms with E-state index in [1.165, 1.54) is 12.1 Å². The van der Waals surface area contributed by atoms with Gasteiger partial charge in [-0.2, -0.15) is 18.3 Å². The summed E-state index contributed by atoms with van der Waals surface area (Å²) in [6, 6.07) is 10.1. The molecule has 11 heteroatoms. The largest absolute Gasteiger partial charge is 0.416 e. The van der Waals surface area contributed by atoms with E-state index in [1.54, 1.807) is 34.5 Å². The fourth-order valence-corrected chi connectivity index (χ4v) is 4.39. The summed E-state index contributed by atoms with van der Waals surface area (Å²) < 4.78 is 48.1. The minimum absolute atomic E-state index is 0.249. The van der Waals surface area contributed by atoms with E-state index in [4.69, 9.17) is 10.5 Å². The zero-order valence-electron chi connectivity index (χ0n) is 21.1. The van der Waals surface area contributed by atoms with E-state index >= 15 is 0 Å². The topological polar surface area (TPSA) is 104 Å². The molecule has 3 N–H and O–H groups in total. The first-order chi connectivity index (χ1) is 18.1. The van der Waals surface area contributed by atoms with Crippen molar-refractivity contribution in [3.63, 3.8) is 0 Å². The van der Waals surface area contributed by atoms with Crippen molar-refractivity contribution in [3.8, 4) is 5.69 Å². The molecule has 0 atom stereocenters. The number of nitrogens with zero attached hydrogens (tertiary/aromatic N) is 3. The standard InChI is InChI=1S/C27H30F3N5O3/c1-34-17-22-21-16-18(26(37)32-13-15-38-14-5-3-2-4-6-24(31)36)7-12-23(21)35(25(22)33-34)20-10-8-19(9-11-20)27(28,29)30/h7-12,16-17H,2-6,13-15H2,1H3,(H2,31,36)(H,32,37). The number of nitrogens with one attached hydrogen (secondary N) is 1. The van der Waals surface area contributed by atoms with Crippen molar-refractivity contribution in [2.24, 2.45) is 12.8 Å². The second kappa shape index (κ2) is 11.7. The maximum atomic E-state index is 13.0. The highest BCUT2D eigenvalue weighted by Gasteiger charge is 2.30. The van der Waals surface area contributed by atoms with Crippen molar-refractivity contribution in [2.45, 2.75) is 38.3 Å². The Balaban J connectivity index is 1.40. The summed E-state index contributed by atoms with van der Waals surface area (Å²) in [5, 5.41) is 8.91. The van der Waals surface area contributed by atoms with Gasteiger partial charge in [0.1, 0.15) is 0 Å². The monoisotopic (exact) mass is 529 g/mol. The lowest BCUT2D eigenvalue weighted by atomic mass is 10.1. The molecular formula is C27H30F3N5O3. The highest BCUT2D eigenvalue weighted by molar-refractivity contribution is 6.10. The zero-order chi connectivity index (χ0) is 27.3. The molecule has 0 aliphatic heterocycles. The number of carbonyl (C=O) groups excluding carboxylic acids is 2. The molecule has 8 nitrogen and oxygen atoms in total. The molecule has 0 aliphatic rings. The van der Waals surface area contributed by atoms with Gasteiger partial charge in [-0.3, -0.25) is 18.8 Å². The van der Waals surface area contributed by atoms with Gasteiger partial charge in [-0.15, -0.1) is 0 Å². The number of nitrogens with two attached hydrogens (primary N) is 1. The fraction of sp³-hybridized carbons (Fsp3) is 0.370. The molecule has 4 rings (SSSR count). The van der Waals surface area contributed by atoms with Gasteiger partial charge in [0.25, 0.3) is 5.91 Å². The van der Waals surface area contributed by atoms with E-state index in [2.05, 4.69) is 10.4 Å². The van der Waals surface area contributed by atoms with Crippen molar-refractivity contribution in [1.29, 1.82) is 0 Å². The maximum absolute atomic E-state index is 13.0. The normalized spacial score (nSPS) is 11.9. The minimum Gasteiger partial charge on any atom is -0.380 e. The van der Waals surface area contributed by atoms with Crippen molar-refractivity contribution < 1.29 is 27.5 Å². The van der Waals surface area contributed by atoms with Gasteiger partial charge in [0, 0.05) is 54.8 Å². The number of hydrogen-bond donors (Lipinski definition) is 2. The van der Waals surface area contributed by atoms with E-state index in [0.29, 0.717) is 43.1 Å². The molecule has 0 spiro atoms. The van der Waals surface area contributed by atoms with E-state index in [0.717, 1.165) is 54.1 Å². The van der Waals surface area contributed by atoms with E-state index in [1.807, 2.05) is 6.20 Å². The third-order valence-corrected chi connectivity index (χ3v) is 6.26. The Bertz CT molecular complexity index is 1420. The molecule has 0 radical (unpaired) electrons. The molecule has 2 amide bonds. The van der Waals surface area contributed by atoms with Crippen LogP contribution in [0, 0.1) is 0 Å². The molecule has 38 heavy (non-hydrogen) atoms. The first kappa shape index (κ1) is 27.2. The summed E-state index contributed by atoms with van der Waals surface area (Å²) in [7, 11) is 1.76. The molecule has 0 fully saturated rings. The highest BCUT2D eigenvalue weighted by Crippen LogP contribution is 2.34. The number of aromatic nitrogens is 3. The molecule has 4 aromatic rings. The predicted molar refractivity (Wildman–Crippen MR) is 138 cm³/mol. The van der Waals surface area contributed by atoms with Gasteiger partial charge in [0.15, 0.2) is 5.65 Å². The number of halogens is 3. The summed E-state index contributed by atoms with van der Waals surface area (Å²) in [4.78, 5) is 23.5. The number of rotatable bonds is 12. The van der Waals surface area contributed by atoms with Gasteiger partial charge in [-0.1, -0.05) is 12.8 Å². The van der Waals surface area contributed by atoms with Crippen molar-refractivity contribution in [3.05, 3.63) is 59.8 Å². The van der Waals surface area contributed by atoms with E-state index in [9.17, 15) is 22.8 Å². The Morgan fingerprint density at radius 3 is 2.45 bits per heavy atom. The van der Waals surface area contributed by atoms with Crippen LogP contribution in [0.4, 0.5) is 13.2 Å². The summed E-state index contributed by atoms with van der Waals surface area (Å²) >= 11 is 0. The lowest BCUT2D eigenvalue weighted by Gasteiger charge is -2.10. The van der Waals surface area contributed by atoms with Crippen LogP contribution >= 0.6 is 0 Å². The maximum Gasteiger partial charge on any atom is 0.416 e. The zero-order valence-corrected chi connectivity index (χ0v) is 21.1. The molecule has 202 valence electrons. The highest BCUT2D eigenvalue weighted by atomic mass is 19.4. The molecule has 2 aromatic carbocycles. The van der Waals surface area contributed by atoms with Crippen LogP contribution in [0.2, 0.25) is 0 Å². The predicted octanol–water partition coefficient (Wildman–Crippen LogP) is 4.72. The molecule has 0 bridgehead atoms. The molecule has 0 saturated carbocycles. The third kappa shape index (κ3) is 6.34. The van der Waals surface area contributed by atoms with Gasteiger partial charge in [0.2, 0.25) is 5.91 Å². The Labute approximate surface area is 217 Å². The number of aryl methyl sites for hydroxylation is 1. The Kier molecular flexibility index (Phi) is 8.35. The van der Waals surface area contributed by atoms with Gasteiger partial charge >= 0.3 is 6.18 Å². The van der Waals surface area contributed by atoms with Gasteiger partial charge in [-0.25, -0.2) is 0 Å². The first-order valence-electron chi connectivity index (χ1n) is 12.4. The first-order valence-corrected chi connectivity index (χ1v) is 12.4. The van der Waals surface area contributed by atoms with Gasteiger partial charge in [0.05, 0.1) is 17.7 Å². The third-order valence-electron chi connectivity index (χ3n) is 6.26. The SMILES string of the molecule is Cn1cc2c3cc(C(=O)NCCOCCCCCCC(N)=O)ccc3n(-c3ccc(C(F)(F)F)cc3)c2n1. The van der Waals surface area contributed by atoms with Crippen LogP contribution in [-0.4, -0.2) is 45.9 Å². The van der Waals surface area contributed by atoms with Crippen LogP contribution in [0.3, 0.4) is 0 Å². The number of amides is 2. The molecule has 0 aliphatic carbocycles. The number of ether oxygens (including phenoxy) is 1. The van der Waals surface area contributed by atoms with E-state index < -0.39 is 11.7 Å². The Morgan fingerprint density at radius 2 is 1.74 bits per heavy atom. The number of carbonyl (C=O) groups is 2. The molecule has 2 heterocycles. The number of fused-ring (bicyclic) bond motifs is 3. The minimum atomic E-state index is -4.42. The molecular weight excluding hydrogens is 499 g/mol. The fourth-order valence-electron chi connectivity index (χ4n) is 4.39. The summed E-state index contributed by atoms with van der Waals surface area (Å²) in [6.45, 7) is 1.31. The van der Waals surface area contributed by atoms with Crippen molar-refractivity contribution in [1.82, 2.24) is 19.7 Å². The van der Waals surface area contributed by atoms with Crippen LogP contribution in [0.15, 0.2) is 48.7 Å². The number of unbranched alkanes of at least 4 members (excludes halogenated alkanes) is 3. The van der Waals surface area contributed by atoms with Crippen LogP contribution in [0.5, 0.6) is 0 Å². The van der Waals surface area contributed by atoms with Crippen LogP contribution in [0.25, 0.3) is 27.6 Å². The Hall–Kier alpha value is -3.86. The number of alkyl halides is 3. The van der Waals surface area contributed by atoms with Crippen LogP contribution < -0.4 is 11.1 Å². The summed E-state index contributed by atoms with van der Waals surface area (Å²) in [5.41, 5.74) is 6.71. The Morgan fingerprint density at radius 1 is 1.00 bits per heavy atom. The quantitative estimate of drug-likeness (QED) is 0.259. The lowest BCUT2D eigenvalue weighted by molar-refractivity contribution is -0.137. The number of benzene rings is 2. The molecule has 0 saturated heterocycles. The van der Waals surface area contributed by atoms with E-state index in [-0.39, 0.29) is 11.8 Å². The summed E-state index contributed by atoms with van der Waals surface area (Å²) in [5.74, 6) is -0.529. The molecule has 2 aromatic heterocycles. The summed E-state index contributed by atoms with van der Waals surface area (Å²) in [6.07, 6.45) is 1.35. The van der Waals surface area contributed by atoms with Crippen molar-refractivity contribution >= 4 is 33.8 Å². The van der Waals surface area contributed by atoms with Gasteiger partial charge in [-0.05, 0) is 55.3 Å². The molecule has 0 unspecified atom stereocenters. The average Bonchev–Trinajstić information content (AvgIpc) is 3.38. The second-order valence-electron chi connectivity index (χ2n) is 9.15. The van der Waals surface area contributed by atoms with Gasteiger partial charge < -0.3 is 15.8 Å². The van der Waals surface area contributed by atoms with Crippen molar-refractivity contribution in [2.75, 3.05) is 19.8 Å². The smallest absolute Gasteiger partial charge is 0.380 e.